The molecule has 2 heterocycles. The minimum absolute atomic E-state index is 0.752. The van der Waals surface area contributed by atoms with Crippen LogP contribution < -0.4 is 9.47 Å². The van der Waals surface area contributed by atoms with E-state index in [0.29, 0.717) is 0 Å². The minimum Gasteiger partial charge on any atom is -0.493 e. The van der Waals surface area contributed by atoms with Crippen molar-refractivity contribution in [2.75, 3.05) is 14.2 Å². The van der Waals surface area contributed by atoms with E-state index in [0.717, 1.165) is 41.5 Å². The molecule has 0 fully saturated rings. The maximum absolute atomic E-state index is 5.45. The highest BCUT2D eigenvalue weighted by molar-refractivity contribution is 5.73. The first-order chi connectivity index (χ1) is 11.3. The molecule has 1 aromatic heterocycles. The number of hydrogen-bond acceptors (Lipinski definition) is 3. The van der Waals surface area contributed by atoms with Crippen LogP contribution in [-0.4, -0.2) is 23.8 Å². The normalized spacial score (nSPS) is 12.4. The molecule has 0 amide bonds. The highest BCUT2D eigenvalue weighted by Gasteiger charge is 2.22. The van der Waals surface area contributed by atoms with Gasteiger partial charge in [-0.25, -0.2) is 4.98 Å². The van der Waals surface area contributed by atoms with Crippen LogP contribution in [0.1, 0.15) is 5.56 Å². The molecule has 0 spiro atoms. The van der Waals surface area contributed by atoms with Gasteiger partial charge in [0.25, 0.3) is 0 Å². The van der Waals surface area contributed by atoms with Crippen molar-refractivity contribution in [3.05, 3.63) is 54.2 Å². The molecule has 4 heteroatoms. The topological polar surface area (TPSA) is 36.3 Å². The summed E-state index contributed by atoms with van der Waals surface area (Å²) in [5, 5.41) is 0. The third-order valence-electron chi connectivity index (χ3n) is 4.38. The van der Waals surface area contributed by atoms with Gasteiger partial charge in [-0.05, 0) is 24.1 Å². The van der Waals surface area contributed by atoms with Crippen LogP contribution in [-0.2, 0) is 13.0 Å². The maximum Gasteiger partial charge on any atom is 0.161 e. The number of ether oxygens (including phenoxy) is 2. The van der Waals surface area contributed by atoms with E-state index in [4.69, 9.17) is 9.47 Å². The van der Waals surface area contributed by atoms with Gasteiger partial charge in [-0.15, -0.1) is 0 Å². The van der Waals surface area contributed by atoms with Crippen molar-refractivity contribution in [3.8, 4) is 34.1 Å². The molecule has 1 aliphatic heterocycles. The van der Waals surface area contributed by atoms with E-state index >= 15 is 0 Å². The molecule has 0 saturated carbocycles. The SMILES string of the molecule is COc1cc2c(cc1OC)-c1cnc(-c3ccccc3)n1CC2. The summed E-state index contributed by atoms with van der Waals surface area (Å²) in [6.45, 7) is 0.919. The van der Waals surface area contributed by atoms with E-state index in [2.05, 4.69) is 33.8 Å². The predicted molar refractivity (Wildman–Crippen MR) is 89.9 cm³/mol. The van der Waals surface area contributed by atoms with E-state index < -0.39 is 0 Å². The van der Waals surface area contributed by atoms with E-state index in [-0.39, 0.29) is 0 Å². The van der Waals surface area contributed by atoms with Crippen molar-refractivity contribution in [3.63, 3.8) is 0 Å². The van der Waals surface area contributed by atoms with Crippen LogP contribution in [0.4, 0.5) is 0 Å². The molecule has 0 aliphatic carbocycles. The first kappa shape index (κ1) is 13.9. The highest BCUT2D eigenvalue weighted by atomic mass is 16.5. The zero-order chi connectivity index (χ0) is 15.8. The van der Waals surface area contributed by atoms with Gasteiger partial charge in [0.05, 0.1) is 26.1 Å². The van der Waals surface area contributed by atoms with Crippen molar-refractivity contribution in [2.45, 2.75) is 13.0 Å². The van der Waals surface area contributed by atoms with E-state index in [9.17, 15) is 0 Å². The van der Waals surface area contributed by atoms with Crippen LogP contribution >= 0.6 is 0 Å². The van der Waals surface area contributed by atoms with Gasteiger partial charge in [0, 0.05) is 17.7 Å². The Bertz CT molecular complexity index is 853. The Hall–Kier alpha value is -2.75. The number of nitrogens with zero attached hydrogens (tertiary/aromatic N) is 2. The summed E-state index contributed by atoms with van der Waals surface area (Å²) < 4.78 is 13.2. The van der Waals surface area contributed by atoms with Crippen molar-refractivity contribution in [1.82, 2.24) is 9.55 Å². The highest BCUT2D eigenvalue weighted by Crippen LogP contribution is 2.39. The third kappa shape index (κ3) is 2.18. The molecular formula is C19H18N2O2. The summed E-state index contributed by atoms with van der Waals surface area (Å²) >= 11 is 0. The summed E-state index contributed by atoms with van der Waals surface area (Å²) in [5.41, 5.74) is 4.71. The number of aromatic nitrogens is 2. The smallest absolute Gasteiger partial charge is 0.161 e. The molecule has 0 unspecified atom stereocenters. The summed E-state index contributed by atoms with van der Waals surface area (Å²) in [5.74, 6) is 2.55. The summed E-state index contributed by atoms with van der Waals surface area (Å²) in [4.78, 5) is 4.66. The summed E-state index contributed by atoms with van der Waals surface area (Å²) in [7, 11) is 3.34. The molecule has 4 rings (SSSR count). The molecule has 3 aromatic rings. The lowest BCUT2D eigenvalue weighted by molar-refractivity contribution is 0.354. The second-order valence-corrected chi connectivity index (χ2v) is 5.60. The zero-order valence-corrected chi connectivity index (χ0v) is 13.2. The minimum atomic E-state index is 0.752. The van der Waals surface area contributed by atoms with Gasteiger partial charge < -0.3 is 14.0 Å². The molecule has 0 atom stereocenters. The second kappa shape index (κ2) is 5.47. The maximum atomic E-state index is 5.45. The number of fused-ring (bicyclic) bond motifs is 3. The van der Waals surface area contributed by atoms with Gasteiger partial charge in [0.15, 0.2) is 11.5 Å². The molecule has 2 aromatic carbocycles. The molecule has 4 nitrogen and oxygen atoms in total. The first-order valence-corrected chi connectivity index (χ1v) is 7.68. The largest absolute Gasteiger partial charge is 0.493 e. The number of rotatable bonds is 3. The standard InChI is InChI=1S/C19H18N2O2/c1-22-17-10-14-8-9-21-16(15(14)11-18(17)23-2)12-20-19(21)13-6-4-3-5-7-13/h3-7,10-12H,8-9H2,1-2H3. The van der Waals surface area contributed by atoms with E-state index in [1.807, 2.05) is 24.4 Å². The Morgan fingerprint density at radius 2 is 1.74 bits per heavy atom. The monoisotopic (exact) mass is 306 g/mol. The number of aryl methyl sites for hydroxylation is 1. The van der Waals surface area contributed by atoms with Crippen LogP contribution in [0.5, 0.6) is 11.5 Å². The Balaban J connectivity index is 1.87. The Kier molecular flexibility index (Phi) is 3.30. The molecule has 116 valence electrons. The van der Waals surface area contributed by atoms with Crippen LogP contribution in [0.15, 0.2) is 48.7 Å². The number of imidazole rings is 1. The fourth-order valence-corrected chi connectivity index (χ4v) is 3.23. The van der Waals surface area contributed by atoms with E-state index in [1.165, 1.54) is 11.1 Å². The zero-order valence-electron chi connectivity index (χ0n) is 13.2. The molecule has 0 bridgehead atoms. The van der Waals surface area contributed by atoms with Crippen molar-refractivity contribution in [2.24, 2.45) is 0 Å². The molecule has 23 heavy (non-hydrogen) atoms. The fourth-order valence-electron chi connectivity index (χ4n) is 3.23. The van der Waals surface area contributed by atoms with Gasteiger partial charge >= 0.3 is 0 Å². The van der Waals surface area contributed by atoms with E-state index in [1.54, 1.807) is 14.2 Å². The Morgan fingerprint density at radius 1 is 1.00 bits per heavy atom. The first-order valence-electron chi connectivity index (χ1n) is 7.68. The van der Waals surface area contributed by atoms with Crippen molar-refractivity contribution >= 4 is 0 Å². The Morgan fingerprint density at radius 3 is 2.48 bits per heavy atom. The van der Waals surface area contributed by atoms with Gasteiger partial charge in [0.1, 0.15) is 5.82 Å². The quantitative estimate of drug-likeness (QED) is 0.738. The fraction of sp³-hybridized carbons (Fsp3) is 0.211. The number of benzene rings is 2. The molecule has 0 radical (unpaired) electrons. The number of hydrogen-bond donors (Lipinski definition) is 0. The van der Waals surface area contributed by atoms with Gasteiger partial charge in [0.2, 0.25) is 0 Å². The van der Waals surface area contributed by atoms with Gasteiger partial charge in [-0.3, -0.25) is 0 Å². The molecule has 1 aliphatic rings. The average molecular weight is 306 g/mol. The van der Waals surface area contributed by atoms with Crippen molar-refractivity contribution in [1.29, 1.82) is 0 Å². The van der Waals surface area contributed by atoms with Crippen LogP contribution in [0.3, 0.4) is 0 Å². The lowest BCUT2D eigenvalue weighted by Crippen LogP contribution is -2.12. The number of methoxy groups -OCH3 is 2. The van der Waals surface area contributed by atoms with Crippen LogP contribution in [0.2, 0.25) is 0 Å². The summed E-state index contributed by atoms with van der Waals surface area (Å²) in [6, 6.07) is 14.4. The lowest BCUT2D eigenvalue weighted by Gasteiger charge is -2.22. The van der Waals surface area contributed by atoms with Crippen LogP contribution in [0.25, 0.3) is 22.6 Å². The van der Waals surface area contributed by atoms with Crippen LogP contribution in [0, 0.1) is 0 Å². The summed E-state index contributed by atoms with van der Waals surface area (Å²) in [6.07, 6.45) is 2.91. The lowest BCUT2D eigenvalue weighted by atomic mass is 9.97. The van der Waals surface area contributed by atoms with Crippen molar-refractivity contribution < 1.29 is 9.47 Å². The molecular weight excluding hydrogens is 288 g/mol. The third-order valence-corrected chi connectivity index (χ3v) is 4.38. The van der Waals surface area contributed by atoms with Gasteiger partial charge in [-0.2, -0.15) is 0 Å². The average Bonchev–Trinajstić information content (AvgIpc) is 3.05. The predicted octanol–water partition coefficient (Wildman–Crippen LogP) is 3.79. The Labute approximate surface area is 135 Å². The molecule has 0 N–H and O–H groups in total. The second-order valence-electron chi connectivity index (χ2n) is 5.60. The molecule has 0 saturated heterocycles. The van der Waals surface area contributed by atoms with Gasteiger partial charge in [-0.1, -0.05) is 30.3 Å².